The Morgan fingerprint density at radius 3 is 2.44 bits per heavy atom. The average molecular weight is 560 g/mol. The van der Waals surface area contributed by atoms with Gasteiger partial charge in [0.25, 0.3) is 0 Å². The maximum Gasteiger partial charge on any atom is 0.309 e. The number of nitrogens with two attached hydrogens (primary N) is 1. The number of nitroso groups, excluding NO2 is 1. The number of benzene rings is 2. The first-order chi connectivity index (χ1) is 18.7. The number of anilines is 1. The minimum absolute atomic E-state index is 0.0328. The van der Waals surface area contributed by atoms with E-state index in [1.807, 2.05) is 6.92 Å². The van der Waals surface area contributed by atoms with E-state index in [4.69, 9.17) is 5.73 Å². The van der Waals surface area contributed by atoms with Crippen LogP contribution in [0.1, 0.15) is 37.7 Å². The summed E-state index contributed by atoms with van der Waals surface area (Å²) in [5, 5.41) is 5.17. The lowest BCUT2D eigenvalue weighted by Gasteiger charge is -2.26. The summed E-state index contributed by atoms with van der Waals surface area (Å²) in [5.74, 6) is -1.75. The fraction of sp³-hybridized carbons (Fsp3) is 0.423. The highest BCUT2D eigenvalue weighted by Gasteiger charge is 2.38. The van der Waals surface area contributed by atoms with E-state index in [2.05, 4.69) is 10.0 Å². The number of nitrogens with one attached hydrogen (secondary N) is 3. The molecule has 0 unspecified atom stereocenters. The van der Waals surface area contributed by atoms with E-state index in [9.17, 15) is 27.7 Å². The Labute approximate surface area is 227 Å². The highest BCUT2D eigenvalue weighted by atomic mass is 32.2. The maximum absolute atomic E-state index is 13.3. The number of rotatable bonds is 13. The van der Waals surface area contributed by atoms with Gasteiger partial charge in [0, 0.05) is 11.5 Å². The summed E-state index contributed by atoms with van der Waals surface area (Å²) in [5.41, 5.74) is 6.80. The molecular formula is C26H35N6O6S+. The molecule has 1 fully saturated rings. The molecule has 1 aliphatic heterocycles. The summed E-state index contributed by atoms with van der Waals surface area (Å²) in [6.07, 6.45) is 2.28. The van der Waals surface area contributed by atoms with Crippen molar-refractivity contribution >= 4 is 33.4 Å². The molecule has 0 bridgehead atoms. The van der Waals surface area contributed by atoms with Gasteiger partial charge in [-0.05, 0) is 74.8 Å². The van der Waals surface area contributed by atoms with Gasteiger partial charge >= 0.3 is 5.91 Å². The number of hydrogen-bond acceptors (Lipinski definition) is 7. The third-order valence-electron chi connectivity index (χ3n) is 6.51. The van der Waals surface area contributed by atoms with Crippen molar-refractivity contribution in [3.63, 3.8) is 0 Å². The molecule has 1 saturated heterocycles. The minimum atomic E-state index is -3.92. The highest BCUT2D eigenvalue weighted by molar-refractivity contribution is 7.89. The van der Waals surface area contributed by atoms with Gasteiger partial charge in [-0.1, -0.05) is 35.9 Å². The summed E-state index contributed by atoms with van der Waals surface area (Å²) in [6, 6.07) is 12.5. The van der Waals surface area contributed by atoms with Gasteiger partial charge < -0.3 is 16.0 Å². The highest BCUT2D eigenvalue weighted by Crippen LogP contribution is 2.19. The number of amides is 3. The normalized spacial score (nSPS) is 15.9. The number of sulfonamides is 1. The van der Waals surface area contributed by atoms with Crippen molar-refractivity contribution in [2.24, 2.45) is 5.73 Å². The van der Waals surface area contributed by atoms with Crippen molar-refractivity contribution < 1.29 is 28.1 Å². The van der Waals surface area contributed by atoms with Crippen LogP contribution in [0, 0.1) is 11.8 Å². The summed E-state index contributed by atoms with van der Waals surface area (Å²) in [4.78, 5) is 52.5. The molecule has 0 aliphatic carbocycles. The smallest absolute Gasteiger partial charge is 0.309 e. The van der Waals surface area contributed by atoms with Gasteiger partial charge in [-0.2, -0.15) is 0 Å². The average Bonchev–Trinajstić information content (AvgIpc) is 3.43. The predicted octanol–water partition coefficient (Wildman–Crippen LogP) is -0.327. The van der Waals surface area contributed by atoms with Gasteiger partial charge in [0.2, 0.25) is 21.8 Å². The molecule has 0 aromatic heterocycles. The molecular weight excluding hydrogens is 524 g/mol. The number of carbonyl (C=O) groups excluding carboxylic acids is 3. The van der Waals surface area contributed by atoms with Crippen LogP contribution in [-0.4, -0.2) is 62.8 Å². The largest absolute Gasteiger partial charge is 0.342 e. The number of aryl methyl sites for hydroxylation is 1. The lowest BCUT2D eigenvalue weighted by atomic mass is 10.1. The standard InChI is InChI=1S/C26H34N6O6S/c1-19-12-14-21(15-13-19)39(37,38)28-18-24(33)31-17-7-11-23(31)25(34)29-22(10-5-6-16-27)26(35)32(30-36)20-8-3-2-4-9-20/h2-4,8-9,12-15,22-23,28H,5-7,10-11,16-18,27H2,1H3,(H,29,34)/p+1/t22-,23-/m0/s1. The van der Waals surface area contributed by atoms with E-state index < -0.39 is 46.4 Å². The molecule has 0 radical (unpaired) electrons. The molecule has 13 heteroatoms. The van der Waals surface area contributed by atoms with E-state index >= 15 is 0 Å². The Kier molecular flexibility index (Phi) is 10.7. The SMILES string of the molecule is Cc1ccc(S(=O)(=O)NCC(=O)N2CCC[C@H]2C(=O)N[C@@H](CCCCN)C(=O)N([NH+]=O)c2ccccc2)cc1. The van der Waals surface area contributed by atoms with Gasteiger partial charge in [0.1, 0.15) is 23.1 Å². The summed E-state index contributed by atoms with van der Waals surface area (Å²) in [7, 11) is -3.92. The van der Waals surface area contributed by atoms with Crippen LogP contribution in [0.4, 0.5) is 5.69 Å². The van der Waals surface area contributed by atoms with Crippen molar-refractivity contribution in [3.8, 4) is 0 Å². The van der Waals surface area contributed by atoms with Gasteiger partial charge in [0.15, 0.2) is 0 Å². The van der Waals surface area contributed by atoms with E-state index in [0.717, 1.165) is 10.6 Å². The Bertz CT molecular complexity index is 1260. The molecule has 1 heterocycles. The molecule has 3 rings (SSSR count). The van der Waals surface area contributed by atoms with Crippen molar-refractivity contribution in [2.75, 3.05) is 24.6 Å². The number of unbranched alkanes of at least 4 members (excludes halogenated alkanes) is 1. The first-order valence-corrected chi connectivity index (χ1v) is 14.3. The first-order valence-electron chi connectivity index (χ1n) is 12.8. The molecule has 2 aromatic carbocycles. The number of para-hydroxylation sites is 1. The maximum atomic E-state index is 13.3. The van der Waals surface area contributed by atoms with Gasteiger partial charge in [-0.3, -0.25) is 14.4 Å². The molecule has 2 aromatic rings. The Morgan fingerprint density at radius 1 is 1.10 bits per heavy atom. The van der Waals surface area contributed by atoms with Gasteiger partial charge in [-0.25, -0.2) is 13.1 Å². The molecule has 0 spiro atoms. The third kappa shape index (κ3) is 7.91. The summed E-state index contributed by atoms with van der Waals surface area (Å²) >= 11 is 0. The number of likely N-dealkylation sites (tertiary alicyclic amines) is 1. The van der Waals surface area contributed by atoms with Crippen molar-refractivity contribution in [1.82, 2.24) is 14.9 Å². The molecule has 12 nitrogen and oxygen atoms in total. The fourth-order valence-corrected chi connectivity index (χ4v) is 5.35. The van der Waals surface area contributed by atoms with Crippen LogP contribution in [0.15, 0.2) is 59.5 Å². The molecule has 2 atom stereocenters. The monoisotopic (exact) mass is 559 g/mol. The number of hydrazine groups is 1. The number of hydrogen-bond donors (Lipinski definition) is 4. The van der Waals surface area contributed by atoms with Gasteiger partial charge in [-0.15, -0.1) is 0 Å². The van der Waals surface area contributed by atoms with Crippen LogP contribution in [-0.2, 0) is 24.4 Å². The van der Waals surface area contributed by atoms with Crippen LogP contribution in [0.5, 0.6) is 0 Å². The summed E-state index contributed by atoms with van der Waals surface area (Å²) < 4.78 is 27.5. The second-order valence-electron chi connectivity index (χ2n) is 9.33. The zero-order valence-corrected chi connectivity index (χ0v) is 22.7. The van der Waals surface area contributed by atoms with Gasteiger partial charge in [0.05, 0.1) is 11.4 Å². The second kappa shape index (κ2) is 13.9. The van der Waals surface area contributed by atoms with Crippen LogP contribution in [0.2, 0.25) is 0 Å². The fourth-order valence-electron chi connectivity index (χ4n) is 4.37. The number of carbonyl (C=O) groups is 3. The second-order valence-corrected chi connectivity index (χ2v) is 11.1. The first kappa shape index (κ1) is 29.9. The van der Waals surface area contributed by atoms with E-state index in [1.165, 1.54) is 17.0 Å². The van der Waals surface area contributed by atoms with Crippen LogP contribution in [0.3, 0.4) is 0 Å². The molecule has 1 aliphatic rings. The lowest BCUT2D eigenvalue weighted by Crippen LogP contribution is -2.82. The molecule has 5 N–H and O–H groups in total. The van der Waals surface area contributed by atoms with Crippen molar-refractivity contribution in [2.45, 2.75) is 56.0 Å². The van der Waals surface area contributed by atoms with Crippen LogP contribution < -0.4 is 26.1 Å². The molecule has 3 amide bonds. The van der Waals surface area contributed by atoms with Crippen LogP contribution >= 0.6 is 0 Å². The lowest BCUT2D eigenvalue weighted by molar-refractivity contribution is -0.484. The minimum Gasteiger partial charge on any atom is -0.342 e. The zero-order valence-electron chi connectivity index (χ0n) is 21.8. The van der Waals surface area contributed by atoms with E-state index in [-0.39, 0.29) is 17.9 Å². The van der Waals surface area contributed by atoms with Crippen molar-refractivity contribution in [3.05, 3.63) is 65.1 Å². The molecule has 210 valence electrons. The predicted molar refractivity (Wildman–Crippen MR) is 144 cm³/mol. The summed E-state index contributed by atoms with van der Waals surface area (Å²) in [6.45, 7) is 1.99. The zero-order chi connectivity index (χ0) is 28.4. The third-order valence-corrected chi connectivity index (χ3v) is 7.93. The quantitative estimate of drug-likeness (QED) is 0.192. The van der Waals surface area contributed by atoms with Crippen molar-refractivity contribution in [1.29, 1.82) is 0 Å². The topological polar surface area (TPSA) is 173 Å². The van der Waals surface area contributed by atoms with E-state index in [0.29, 0.717) is 37.9 Å². The Balaban J connectivity index is 1.68. The van der Waals surface area contributed by atoms with Crippen LogP contribution in [0.25, 0.3) is 0 Å². The van der Waals surface area contributed by atoms with E-state index in [1.54, 1.807) is 47.8 Å². The number of nitrogens with zero attached hydrogens (tertiary/aromatic N) is 2. The molecule has 39 heavy (non-hydrogen) atoms. The Morgan fingerprint density at radius 2 is 1.79 bits per heavy atom. The molecule has 0 saturated carbocycles. The Hall–Kier alpha value is -3.68.